The lowest BCUT2D eigenvalue weighted by Crippen LogP contribution is -2.03. The van der Waals surface area contributed by atoms with Crippen LogP contribution in [0, 0.1) is 12.3 Å². The molecule has 1 rings (SSSR count). The Morgan fingerprint density at radius 1 is 1.33 bits per heavy atom. The van der Waals surface area contributed by atoms with E-state index in [0.717, 1.165) is 5.75 Å². The standard InChI is InChI=1S/C12H15O2P/c1-5-8-14-11-7-6-10(15(3)4)9-12(11)13-2/h1,6-7,9H,8H2,2-4H3. The molecule has 0 saturated heterocycles. The van der Waals surface area contributed by atoms with Crippen LogP contribution in [0.4, 0.5) is 0 Å². The maximum absolute atomic E-state index is 5.36. The molecule has 0 heterocycles. The van der Waals surface area contributed by atoms with Crippen LogP contribution in [0.1, 0.15) is 0 Å². The number of ether oxygens (including phenoxy) is 2. The summed E-state index contributed by atoms with van der Waals surface area (Å²) in [4.78, 5) is 0. The van der Waals surface area contributed by atoms with Crippen molar-refractivity contribution >= 4 is 13.2 Å². The van der Waals surface area contributed by atoms with E-state index < -0.39 is 0 Å². The summed E-state index contributed by atoms with van der Waals surface area (Å²) in [7, 11) is 1.52. The lowest BCUT2D eigenvalue weighted by atomic mass is 10.3. The van der Waals surface area contributed by atoms with Crippen LogP contribution >= 0.6 is 7.92 Å². The Bertz CT molecular complexity index is 366. The van der Waals surface area contributed by atoms with Crippen molar-refractivity contribution in [1.82, 2.24) is 0 Å². The molecule has 1 aromatic carbocycles. The van der Waals surface area contributed by atoms with Crippen LogP contribution in [-0.2, 0) is 0 Å². The molecule has 3 heteroatoms. The average molecular weight is 222 g/mol. The van der Waals surface area contributed by atoms with Crippen molar-refractivity contribution in [3.63, 3.8) is 0 Å². The maximum Gasteiger partial charge on any atom is 0.162 e. The fourth-order valence-corrected chi connectivity index (χ4v) is 1.92. The Balaban J connectivity index is 2.94. The molecule has 15 heavy (non-hydrogen) atoms. The van der Waals surface area contributed by atoms with Crippen molar-refractivity contribution in [2.75, 3.05) is 27.0 Å². The van der Waals surface area contributed by atoms with Crippen LogP contribution in [-0.4, -0.2) is 27.0 Å². The molecule has 0 amide bonds. The average Bonchev–Trinajstić information content (AvgIpc) is 2.25. The lowest BCUT2D eigenvalue weighted by Gasteiger charge is -2.12. The van der Waals surface area contributed by atoms with Gasteiger partial charge in [0.25, 0.3) is 0 Å². The van der Waals surface area contributed by atoms with E-state index >= 15 is 0 Å². The minimum absolute atomic E-state index is 0.119. The first kappa shape index (κ1) is 11.9. The highest BCUT2D eigenvalue weighted by Crippen LogP contribution is 2.31. The quantitative estimate of drug-likeness (QED) is 0.573. The van der Waals surface area contributed by atoms with Gasteiger partial charge in [-0.1, -0.05) is 19.9 Å². The van der Waals surface area contributed by atoms with Crippen molar-refractivity contribution in [3.05, 3.63) is 18.2 Å². The first-order valence-corrected chi connectivity index (χ1v) is 6.84. The predicted molar refractivity (Wildman–Crippen MR) is 65.7 cm³/mol. The number of rotatable bonds is 4. The first-order valence-electron chi connectivity index (χ1n) is 4.60. The largest absolute Gasteiger partial charge is 0.493 e. The van der Waals surface area contributed by atoms with Gasteiger partial charge in [-0.15, -0.1) is 6.42 Å². The summed E-state index contributed by atoms with van der Waals surface area (Å²) < 4.78 is 10.6. The summed E-state index contributed by atoms with van der Waals surface area (Å²) in [6.45, 7) is 4.67. The third kappa shape index (κ3) is 3.15. The van der Waals surface area contributed by atoms with Gasteiger partial charge in [0.05, 0.1) is 7.11 Å². The number of methoxy groups -OCH3 is 1. The second-order valence-corrected chi connectivity index (χ2v) is 5.53. The van der Waals surface area contributed by atoms with E-state index in [-0.39, 0.29) is 14.5 Å². The summed E-state index contributed by atoms with van der Waals surface area (Å²) >= 11 is 0. The zero-order valence-electron chi connectivity index (χ0n) is 9.28. The number of hydrogen-bond donors (Lipinski definition) is 0. The molecule has 0 atom stereocenters. The summed E-state index contributed by atoms with van der Waals surface area (Å²) in [5, 5.41) is 1.29. The number of benzene rings is 1. The molecule has 0 aliphatic carbocycles. The Labute approximate surface area is 92.3 Å². The van der Waals surface area contributed by atoms with Crippen LogP contribution in [0.3, 0.4) is 0 Å². The fraction of sp³-hybridized carbons (Fsp3) is 0.333. The van der Waals surface area contributed by atoms with Crippen molar-refractivity contribution < 1.29 is 9.47 Å². The molecule has 2 nitrogen and oxygen atoms in total. The molecule has 0 aromatic heterocycles. The van der Waals surface area contributed by atoms with Crippen LogP contribution in [0.15, 0.2) is 18.2 Å². The zero-order chi connectivity index (χ0) is 11.3. The van der Waals surface area contributed by atoms with Gasteiger partial charge in [-0.25, -0.2) is 0 Å². The Kier molecular flexibility index (Phi) is 4.46. The van der Waals surface area contributed by atoms with Crippen molar-refractivity contribution in [1.29, 1.82) is 0 Å². The molecule has 0 N–H and O–H groups in total. The molecule has 0 spiro atoms. The van der Waals surface area contributed by atoms with Crippen molar-refractivity contribution in [2.24, 2.45) is 0 Å². The highest BCUT2D eigenvalue weighted by Gasteiger charge is 2.06. The van der Waals surface area contributed by atoms with Crippen LogP contribution in [0.2, 0.25) is 0 Å². The molecule has 0 radical (unpaired) electrons. The molecule has 0 unspecified atom stereocenters. The molecule has 0 fully saturated rings. The first-order chi connectivity index (χ1) is 7.19. The number of hydrogen-bond acceptors (Lipinski definition) is 2. The number of terminal acetylenes is 1. The molecule has 0 aliphatic rings. The SMILES string of the molecule is C#CCOc1ccc(P(C)C)cc1OC. The van der Waals surface area contributed by atoms with Gasteiger partial charge in [-0.2, -0.15) is 0 Å². The van der Waals surface area contributed by atoms with E-state index in [2.05, 4.69) is 25.3 Å². The van der Waals surface area contributed by atoms with E-state index in [9.17, 15) is 0 Å². The third-order valence-electron chi connectivity index (χ3n) is 1.97. The highest BCUT2D eigenvalue weighted by molar-refractivity contribution is 7.64. The predicted octanol–water partition coefficient (Wildman–Crippen LogP) is 2.07. The second kappa shape index (κ2) is 5.63. The van der Waals surface area contributed by atoms with Crippen molar-refractivity contribution in [3.8, 4) is 23.8 Å². The molecule has 1 aromatic rings. The summed E-state index contributed by atoms with van der Waals surface area (Å²) in [6, 6.07) is 5.98. The Morgan fingerprint density at radius 3 is 2.60 bits per heavy atom. The van der Waals surface area contributed by atoms with Gasteiger partial charge in [0.15, 0.2) is 11.5 Å². The third-order valence-corrected chi connectivity index (χ3v) is 3.29. The molecular formula is C12H15O2P. The normalized spacial score (nSPS) is 9.80. The van der Waals surface area contributed by atoms with Gasteiger partial charge in [0, 0.05) is 0 Å². The minimum Gasteiger partial charge on any atom is -0.493 e. The van der Waals surface area contributed by atoms with Gasteiger partial charge in [-0.05, 0) is 30.8 Å². The van der Waals surface area contributed by atoms with Crippen molar-refractivity contribution in [2.45, 2.75) is 0 Å². The van der Waals surface area contributed by atoms with Gasteiger partial charge < -0.3 is 9.47 Å². The van der Waals surface area contributed by atoms with Gasteiger partial charge in [0.1, 0.15) is 6.61 Å². The monoisotopic (exact) mass is 222 g/mol. The molecular weight excluding hydrogens is 207 g/mol. The lowest BCUT2D eigenvalue weighted by molar-refractivity contribution is 0.331. The zero-order valence-corrected chi connectivity index (χ0v) is 10.2. The molecule has 0 aliphatic heterocycles. The van der Waals surface area contributed by atoms with Gasteiger partial charge in [0.2, 0.25) is 0 Å². The van der Waals surface area contributed by atoms with E-state index in [1.54, 1.807) is 7.11 Å². The molecule has 80 valence electrons. The molecule has 0 bridgehead atoms. The van der Waals surface area contributed by atoms with Crippen LogP contribution in [0.5, 0.6) is 11.5 Å². The maximum atomic E-state index is 5.36. The van der Waals surface area contributed by atoms with E-state index in [0.29, 0.717) is 5.75 Å². The van der Waals surface area contributed by atoms with E-state index in [1.165, 1.54) is 5.30 Å². The van der Waals surface area contributed by atoms with Crippen LogP contribution in [0.25, 0.3) is 0 Å². The highest BCUT2D eigenvalue weighted by atomic mass is 31.1. The second-order valence-electron chi connectivity index (χ2n) is 3.22. The minimum atomic E-state index is -0.119. The summed E-state index contributed by atoms with van der Waals surface area (Å²) in [5.41, 5.74) is 0. The van der Waals surface area contributed by atoms with Gasteiger partial charge in [-0.3, -0.25) is 0 Å². The summed E-state index contributed by atoms with van der Waals surface area (Å²) in [6.07, 6.45) is 5.13. The Hall–Kier alpha value is -1.19. The summed E-state index contributed by atoms with van der Waals surface area (Å²) in [5.74, 6) is 3.88. The van der Waals surface area contributed by atoms with E-state index in [4.69, 9.17) is 15.9 Å². The van der Waals surface area contributed by atoms with Gasteiger partial charge >= 0.3 is 0 Å². The Morgan fingerprint density at radius 2 is 2.07 bits per heavy atom. The fourth-order valence-electron chi connectivity index (χ4n) is 1.17. The van der Waals surface area contributed by atoms with E-state index in [1.807, 2.05) is 12.1 Å². The topological polar surface area (TPSA) is 18.5 Å². The smallest absolute Gasteiger partial charge is 0.162 e. The van der Waals surface area contributed by atoms with Crippen LogP contribution < -0.4 is 14.8 Å². The molecule has 0 saturated carbocycles.